The molecule has 0 aromatic heterocycles. The van der Waals surface area contributed by atoms with Gasteiger partial charge in [-0.3, -0.25) is 9.69 Å². The first-order valence-corrected chi connectivity index (χ1v) is 6.91. The molecule has 1 atom stereocenters. The summed E-state index contributed by atoms with van der Waals surface area (Å²) in [5.74, 6) is 0.600. The lowest BCUT2D eigenvalue weighted by atomic mass is 9.98. The maximum atomic E-state index is 11.2. The number of ether oxygens (including phenoxy) is 2. The summed E-state index contributed by atoms with van der Waals surface area (Å²) < 4.78 is 10.7. The van der Waals surface area contributed by atoms with E-state index >= 15 is 0 Å². The molecule has 5 heteroatoms. The zero-order valence-electron chi connectivity index (χ0n) is 13.6. The van der Waals surface area contributed by atoms with Crippen molar-refractivity contribution in [2.45, 2.75) is 39.3 Å². The Labute approximate surface area is 126 Å². The van der Waals surface area contributed by atoms with Gasteiger partial charge >= 0.3 is 5.97 Å². The predicted octanol–water partition coefficient (Wildman–Crippen LogP) is 2.95. The molecule has 1 N–H and O–H groups in total. The summed E-state index contributed by atoms with van der Waals surface area (Å²) in [6.07, 6.45) is 0. The fourth-order valence-electron chi connectivity index (χ4n) is 2.43. The second kappa shape index (κ2) is 6.80. The van der Waals surface area contributed by atoms with E-state index in [1.807, 2.05) is 50.8 Å². The molecule has 0 heterocycles. The zero-order valence-corrected chi connectivity index (χ0v) is 13.6. The smallest absolute Gasteiger partial charge is 0.317 e. The van der Waals surface area contributed by atoms with E-state index < -0.39 is 5.97 Å². The van der Waals surface area contributed by atoms with Crippen LogP contribution in [0.3, 0.4) is 0 Å². The van der Waals surface area contributed by atoms with Crippen molar-refractivity contribution < 1.29 is 19.4 Å². The predicted molar refractivity (Wildman–Crippen MR) is 82.1 cm³/mol. The van der Waals surface area contributed by atoms with Gasteiger partial charge < -0.3 is 14.6 Å². The van der Waals surface area contributed by atoms with Crippen LogP contribution in [-0.2, 0) is 4.79 Å². The number of carboxylic acids is 1. The molecule has 0 saturated carbocycles. The molecule has 1 aromatic carbocycles. The normalized spacial score (nSPS) is 13.1. The van der Waals surface area contributed by atoms with Crippen LogP contribution in [0.25, 0.3) is 0 Å². The van der Waals surface area contributed by atoms with Gasteiger partial charge in [-0.1, -0.05) is 0 Å². The highest BCUT2D eigenvalue weighted by Crippen LogP contribution is 2.35. The number of rotatable bonds is 6. The van der Waals surface area contributed by atoms with E-state index in [1.165, 1.54) is 0 Å². The number of nitrogens with zero attached hydrogens (tertiary/aromatic N) is 1. The zero-order chi connectivity index (χ0) is 16.2. The van der Waals surface area contributed by atoms with Crippen LogP contribution in [0.2, 0.25) is 0 Å². The van der Waals surface area contributed by atoms with Crippen molar-refractivity contribution in [2.24, 2.45) is 0 Å². The summed E-state index contributed by atoms with van der Waals surface area (Å²) in [5.41, 5.74) is 0.624. The number of methoxy groups -OCH3 is 2. The number of benzene rings is 1. The largest absolute Gasteiger partial charge is 0.497 e. The van der Waals surface area contributed by atoms with E-state index in [-0.39, 0.29) is 18.1 Å². The molecule has 0 aliphatic heterocycles. The van der Waals surface area contributed by atoms with E-state index in [4.69, 9.17) is 9.47 Å². The van der Waals surface area contributed by atoms with Crippen LogP contribution in [0, 0.1) is 0 Å². The van der Waals surface area contributed by atoms with Crippen LogP contribution in [0.15, 0.2) is 18.2 Å². The van der Waals surface area contributed by atoms with Crippen LogP contribution in [0.5, 0.6) is 11.5 Å². The average Bonchev–Trinajstić information content (AvgIpc) is 2.41. The molecule has 5 nitrogen and oxygen atoms in total. The van der Waals surface area contributed by atoms with E-state index in [2.05, 4.69) is 0 Å². The molecule has 118 valence electrons. The molecule has 0 spiro atoms. The Balaban J connectivity index is 3.24. The van der Waals surface area contributed by atoms with E-state index in [9.17, 15) is 9.90 Å². The molecule has 0 fully saturated rings. The van der Waals surface area contributed by atoms with Crippen molar-refractivity contribution in [2.75, 3.05) is 20.8 Å². The van der Waals surface area contributed by atoms with Gasteiger partial charge in [0.25, 0.3) is 0 Å². The molecular formula is C16H25NO4. The molecule has 1 rings (SSSR count). The van der Waals surface area contributed by atoms with E-state index in [1.54, 1.807) is 14.2 Å². The first-order chi connectivity index (χ1) is 9.70. The van der Waals surface area contributed by atoms with E-state index in [0.29, 0.717) is 0 Å². The lowest BCUT2D eigenvalue weighted by Crippen LogP contribution is -2.45. The Kier molecular flexibility index (Phi) is 5.61. The molecule has 0 saturated heterocycles. The van der Waals surface area contributed by atoms with Crippen molar-refractivity contribution >= 4 is 5.97 Å². The lowest BCUT2D eigenvalue weighted by molar-refractivity contribution is -0.140. The minimum absolute atomic E-state index is 0.0367. The SMILES string of the molecule is COc1ccc(OC)c(C(C)N(CC(=O)O)C(C)(C)C)c1. The van der Waals surface area contributed by atoms with Gasteiger partial charge in [-0.05, 0) is 45.9 Å². The summed E-state index contributed by atoms with van der Waals surface area (Å²) in [6.45, 7) is 7.94. The van der Waals surface area contributed by atoms with Crippen LogP contribution < -0.4 is 9.47 Å². The Morgan fingerprint density at radius 3 is 2.33 bits per heavy atom. The maximum Gasteiger partial charge on any atom is 0.317 e. The van der Waals surface area contributed by atoms with Gasteiger partial charge in [0.1, 0.15) is 11.5 Å². The minimum atomic E-state index is -0.848. The summed E-state index contributed by atoms with van der Waals surface area (Å²) in [4.78, 5) is 13.1. The van der Waals surface area contributed by atoms with Crippen molar-refractivity contribution in [1.29, 1.82) is 0 Å². The molecule has 0 radical (unpaired) electrons. The topological polar surface area (TPSA) is 59.0 Å². The minimum Gasteiger partial charge on any atom is -0.497 e. The highest BCUT2D eigenvalue weighted by molar-refractivity contribution is 5.69. The molecule has 0 aliphatic carbocycles. The van der Waals surface area contributed by atoms with Gasteiger partial charge in [-0.25, -0.2) is 0 Å². The molecule has 0 amide bonds. The third kappa shape index (κ3) is 4.36. The fraction of sp³-hybridized carbons (Fsp3) is 0.562. The first-order valence-electron chi connectivity index (χ1n) is 6.91. The van der Waals surface area contributed by atoms with Gasteiger partial charge in [-0.15, -0.1) is 0 Å². The van der Waals surface area contributed by atoms with Crippen LogP contribution in [0.4, 0.5) is 0 Å². The summed E-state index contributed by atoms with van der Waals surface area (Å²) in [6, 6.07) is 5.44. The Morgan fingerprint density at radius 1 is 1.29 bits per heavy atom. The lowest BCUT2D eigenvalue weighted by Gasteiger charge is -2.39. The molecule has 0 aliphatic rings. The third-order valence-electron chi connectivity index (χ3n) is 3.52. The van der Waals surface area contributed by atoms with Gasteiger partial charge in [0.05, 0.1) is 20.8 Å². The van der Waals surface area contributed by atoms with E-state index in [0.717, 1.165) is 17.1 Å². The number of carboxylic acid groups (broad SMARTS) is 1. The Morgan fingerprint density at radius 2 is 1.90 bits per heavy atom. The quantitative estimate of drug-likeness (QED) is 0.874. The first kappa shape index (κ1) is 17.3. The highest BCUT2D eigenvalue weighted by atomic mass is 16.5. The second-order valence-electron chi connectivity index (χ2n) is 5.98. The van der Waals surface area contributed by atoms with Crippen molar-refractivity contribution in [3.8, 4) is 11.5 Å². The third-order valence-corrected chi connectivity index (χ3v) is 3.52. The number of aliphatic carboxylic acids is 1. The van der Waals surface area contributed by atoms with Gasteiger partial charge in [-0.2, -0.15) is 0 Å². The fourth-order valence-corrected chi connectivity index (χ4v) is 2.43. The number of carbonyl (C=O) groups is 1. The van der Waals surface area contributed by atoms with Crippen LogP contribution >= 0.6 is 0 Å². The van der Waals surface area contributed by atoms with Gasteiger partial charge in [0.2, 0.25) is 0 Å². The molecular weight excluding hydrogens is 270 g/mol. The Bertz CT molecular complexity index is 494. The summed E-state index contributed by atoms with van der Waals surface area (Å²) in [7, 11) is 3.21. The monoisotopic (exact) mass is 295 g/mol. The molecule has 0 bridgehead atoms. The van der Waals surface area contributed by atoms with Crippen molar-refractivity contribution in [3.63, 3.8) is 0 Å². The summed E-state index contributed by atoms with van der Waals surface area (Å²) in [5, 5.41) is 9.17. The van der Waals surface area contributed by atoms with Crippen LogP contribution in [0.1, 0.15) is 39.3 Å². The van der Waals surface area contributed by atoms with Crippen molar-refractivity contribution in [1.82, 2.24) is 4.90 Å². The molecule has 1 aromatic rings. The van der Waals surface area contributed by atoms with Gasteiger partial charge in [0.15, 0.2) is 0 Å². The standard InChI is InChI=1S/C16H25NO4/c1-11(17(10-15(18)19)16(2,3)4)13-9-12(20-5)7-8-14(13)21-6/h7-9,11H,10H2,1-6H3,(H,18,19). The molecule has 1 unspecified atom stereocenters. The van der Waals surface area contributed by atoms with Gasteiger partial charge in [0, 0.05) is 17.1 Å². The maximum absolute atomic E-state index is 11.2. The summed E-state index contributed by atoms with van der Waals surface area (Å²) >= 11 is 0. The van der Waals surface area contributed by atoms with Crippen LogP contribution in [-0.4, -0.2) is 42.3 Å². The number of hydrogen-bond donors (Lipinski definition) is 1. The van der Waals surface area contributed by atoms with Crippen molar-refractivity contribution in [3.05, 3.63) is 23.8 Å². The molecule has 21 heavy (non-hydrogen) atoms. The number of hydrogen-bond acceptors (Lipinski definition) is 4. The second-order valence-corrected chi connectivity index (χ2v) is 5.98. The Hall–Kier alpha value is -1.75. The highest BCUT2D eigenvalue weighted by Gasteiger charge is 2.30. The average molecular weight is 295 g/mol.